The fourth-order valence-corrected chi connectivity index (χ4v) is 7.82. The van der Waals surface area contributed by atoms with Gasteiger partial charge in [-0.25, -0.2) is 0 Å². The van der Waals surface area contributed by atoms with Crippen LogP contribution in [0.15, 0.2) is 65.8 Å². The first-order chi connectivity index (χ1) is 24.2. The number of nitrogens with one attached hydrogen (secondary N) is 2. The van der Waals surface area contributed by atoms with Crippen molar-refractivity contribution in [2.45, 2.75) is 108 Å². The van der Waals surface area contributed by atoms with Crippen LogP contribution in [0.4, 0.5) is 17.1 Å². The van der Waals surface area contributed by atoms with Gasteiger partial charge >= 0.3 is 0 Å². The van der Waals surface area contributed by atoms with Crippen LogP contribution in [0.3, 0.4) is 0 Å². The molecule has 3 aromatic carbocycles. The van der Waals surface area contributed by atoms with E-state index >= 15 is 0 Å². The molecule has 0 saturated heterocycles. The van der Waals surface area contributed by atoms with E-state index in [0.717, 1.165) is 19.3 Å². The van der Waals surface area contributed by atoms with E-state index in [2.05, 4.69) is 22.7 Å². The van der Waals surface area contributed by atoms with Crippen molar-refractivity contribution >= 4 is 92.9 Å². The molecule has 3 aromatic rings. The highest BCUT2D eigenvalue weighted by Gasteiger charge is 2.41. The predicted molar refractivity (Wildman–Crippen MR) is 214 cm³/mol. The standard InChI is InChI=1S/C38H46Cl4N4O3S/c1-3-5-6-7-8-9-10-11-12-13-17-20-33(47)43-27-21-22-29(40)32(25-27)44-37-36(50-34(4-2)49-28-18-15-14-16-19-28)38(48)46(45-37)35-30(41)23-26(39)24-31(35)42/h14-16,18-19,21-25,34,36H,3-13,17,20H2,1-2H3,(H,43,47)(H,44,45). The number of hydrogen-bond donors (Lipinski definition) is 2. The van der Waals surface area contributed by atoms with Crippen molar-refractivity contribution in [1.82, 2.24) is 0 Å². The van der Waals surface area contributed by atoms with Gasteiger partial charge < -0.3 is 15.4 Å². The molecule has 0 aliphatic carbocycles. The summed E-state index contributed by atoms with van der Waals surface area (Å²) in [5, 5.41) is 12.3. The molecule has 2 amide bonds. The zero-order valence-corrected chi connectivity index (χ0v) is 32.5. The van der Waals surface area contributed by atoms with Crippen molar-refractivity contribution in [1.29, 1.82) is 0 Å². The van der Waals surface area contributed by atoms with Crippen LogP contribution >= 0.6 is 58.2 Å². The summed E-state index contributed by atoms with van der Waals surface area (Å²) >= 11 is 27.1. The maximum absolute atomic E-state index is 14.0. The fraction of sp³-hybridized carbons (Fsp3) is 0.447. The Kier molecular flexibility index (Phi) is 16.9. The summed E-state index contributed by atoms with van der Waals surface area (Å²) < 4.78 is 6.21. The van der Waals surface area contributed by atoms with Crippen LogP contribution in [-0.2, 0) is 9.59 Å². The molecule has 0 fully saturated rings. The Labute approximate surface area is 320 Å². The number of amidine groups is 1. The van der Waals surface area contributed by atoms with Crippen molar-refractivity contribution in [3.8, 4) is 5.75 Å². The minimum Gasteiger partial charge on any atom is -0.480 e. The molecule has 12 heteroatoms. The molecule has 0 radical (unpaired) electrons. The first-order valence-corrected chi connectivity index (χ1v) is 20.0. The van der Waals surface area contributed by atoms with Crippen LogP contribution in [0.2, 0.25) is 20.1 Å². The van der Waals surface area contributed by atoms with Crippen LogP contribution in [-0.4, -0.2) is 28.3 Å². The second-order valence-corrected chi connectivity index (χ2v) is 15.2. The number of thioether (sulfide) groups is 1. The summed E-state index contributed by atoms with van der Waals surface area (Å²) in [5.41, 5.74) is 0.893. The Balaban J connectivity index is 1.41. The number of carbonyl (C=O) groups excluding carboxylic acids is 2. The second-order valence-electron chi connectivity index (χ2n) is 12.3. The molecule has 50 heavy (non-hydrogen) atoms. The summed E-state index contributed by atoms with van der Waals surface area (Å²) in [6.07, 6.45) is 14.5. The Morgan fingerprint density at radius 2 is 1.46 bits per heavy atom. The smallest absolute Gasteiger partial charge is 0.268 e. The molecule has 1 aliphatic heterocycles. The number of unbranched alkanes of at least 4 members (excludes halogenated alkanes) is 10. The molecule has 2 atom stereocenters. The summed E-state index contributed by atoms with van der Waals surface area (Å²) in [5.74, 6) is 0.567. The minimum atomic E-state index is -0.818. The van der Waals surface area contributed by atoms with E-state index in [1.807, 2.05) is 37.3 Å². The number of ether oxygens (including phenoxy) is 1. The molecular formula is C38H46Cl4N4O3S. The average molecular weight is 781 g/mol. The largest absolute Gasteiger partial charge is 0.480 e. The van der Waals surface area contributed by atoms with E-state index < -0.39 is 5.25 Å². The third kappa shape index (κ3) is 12.3. The SMILES string of the molecule is CCCCCCCCCCCCCC(=O)Nc1ccc(Cl)c(NC2=NN(c3c(Cl)cc(Cl)cc3Cl)C(=O)C2SC(CC)Oc2ccccc2)c1. The van der Waals surface area contributed by atoms with E-state index in [1.165, 1.54) is 80.3 Å². The van der Waals surface area contributed by atoms with Gasteiger partial charge in [0.05, 0.1) is 20.8 Å². The number of amides is 2. The minimum absolute atomic E-state index is 0.0574. The van der Waals surface area contributed by atoms with Crippen molar-refractivity contribution in [2.24, 2.45) is 5.10 Å². The van der Waals surface area contributed by atoms with E-state index in [1.54, 1.807) is 18.2 Å². The number of hydrazone groups is 1. The van der Waals surface area contributed by atoms with Gasteiger partial charge in [0.25, 0.3) is 5.91 Å². The zero-order chi connectivity index (χ0) is 35.9. The highest BCUT2D eigenvalue weighted by molar-refractivity contribution is 8.01. The number of hydrogen-bond acceptors (Lipinski definition) is 6. The van der Waals surface area contributed by atoms with Crippen molar-refractivity contribution in [2.75, 3.05) is 15.6 Å². The Morgan fingerprint density at radius 1 is 0.840 bits per heavy atom. The Morgan fingerprint density at radius 3 is 2.08 bits per heavy atom. The molecule has 7 nitrogen and oxygen atoms in total. The van der Waals surface area contributed by atoms with Gasteiger partial charge in [-0.3, -0.25) is 9.59 Å². The van der Waals surface area contributed by atoms with E-state index in [-0.39, 0.29) is 33.0 Å². The maximum atomic E-state index is 14.0. The van der Waals surface area contributed by atoms with Crippen LogP contribution < -0.4 is 20.4 Å². The molecule has 0 bridgehead atoms. The summed E-state index contributed by atoms with van der Waals surface area (Å²) in [7, 11) is 0. The number of nitrogens with zero attached hydrogens (tertiary/aromatic N) is 2. The van der Waals surface area contributed by atoms with Gasteiger partial charge in [0.15, 0.2) is 5.84 Å². The third-order valence-electron chi connectivity index (χ3n) is 8.23. The predicted octanol–water partition coefficient (Wildman–Crippen LogP) is 12.6. The van der Waals surface area contributed by atoms with Crippen LogP contribution in [0.25, 0.3) is 0 Å². The van der Waals surface area contributed by atoms with Gasteiger partial charge in [0, 0.05) is 17.1 Å². The maximum Gasteiger partial charge on any atom is 0.268 e. The van der Waals surface area contributed by atoms with Crippen LogP contribution in [0.5, 0.6) is 5.75 Å². The van der Waals surface area contributed by atoms with Crippen molar-refractivity contribution in [3.63, 3.8) is 0 Å². The number of rotatable bonds is 20. The van der Waals surface area contributed by atoms with Crippen LogP contribution in [0.1, 0.15) is 97.3 Å². The van der Waals surface area contributed by atoms with Crippen LogP contribution in [0, 0.1) is 0 Å². The zero-order valence-electron chi connectivity index (χ0n) is 28.7. The fourth-order valence-electron chi connectivity index (χ4n) is 5.57. The molecule has 2 unspecified atom stereocenters. The summed E-state index contributed by atoms with van der Waals surface area (Å²) in [6, 6.07) is 17.6. The lowest BCUT2D eigenvalue weighted by Gasteiger charge is -2.22. The number of anilines is 3. The molecule has 0 spiro atoms. The topological polar surface area (TPSA) is 83.0 Å². The van der Waals surface area contributed by atoms with Crippen molar-refractivity contribution < 1.29 is 14.3 Å². The molecule has 0 aromatic heterocycles. The lowest BCUT2D eigenvalue weighted by atomic mass is 10.1. The Bertz CT molecular complexity index is 1570. The lowest BCUT2D eigenvalue weighted by molar-refractivity contribution is -0.117. The molecule has 0 saturated carbocycles. The molecule has 1 aliphatic rings. The van der Waals surface area contributed by atoms with Gasteiger partial charge in [-0.15, -0.1) is 5.10 Å². The number of benzene rings is 3. The van der Waals surface area contributed by atoms with E-state index in [0.29, 0.717) is 45.8 Å². The van der Waals surface area contributed by atoms with Gasteiger partial charge in [-0.2, -0.15) is 5.01 Å². The van der Waals surface area contributed by atoms with E-state index in [4.69, 9.17) is 51.1 Å². The third-order valence-corrected chi connectivity index (χ3v) is 10.8. The quantitative estimate of drug-likeness (QED) is 0.0881. The highest BCUT2D eigenvalue weighted by Crippen LogP contribution is 2.41. The summed E-state index contributed by atoms with van der Waals surface area (Å²) in [6.45, 7) is 4.22. The normalized spacial score (nSPS) is 14.8. The highest BCUT2D eigenvalue weighted by atomic mass is 35.5. The first kappa shape index (κ1) is 40.2. The molecule has 2 N–H and O–H groups in total. The lowest BCUT2D eigenvalue weighted by Crippen LogP contribution is -2.34. The molecular weight excluding hydrogens is 734 g/mol. The number of carbonyl (C=O) groups is 2. The second kappa shape index (κ2) is 21.0. The average Bonchev–Trinajstić information content (AvgIpc) is 3.38. The molecule has 4 rings (SSSR count). The first-order valence-electron chi connectivity index (χ1n) is 17.5. The van der Waals surface area contributed by atoms with Gasteiger partial charge in [0.1, 0.15) is 22.1 Å². The molecule has 270 valence electrons. The van der Waals surface area contributed by atoms with E-state index in [9.17, 15) is 9.59 Å². The van der Waals surface area contributed by atoms with Gasteiger partial charge in [-0.1, -0.05) is 154 Å². The number of para-hydroxylation sites is 1. The van der Waals surface area contributed by atoms with Crippen molar-refractivity contribution in [3.05, 3.63) is 80.8 Å². The number of halogens is 4. The van der Waals surface area contributed by atoms with Gasteiger partial charge in [-0.05, 0) is 55.3 Å². The van der Waals surface area contributed by atoms with Gasteiger partial charge in [0.2, 0.25) is 5.91 Å². The molecule has 1 heterocycles. The monoisotopic (exact) mass is 778 g/mol. The Hall–Kier alpha value is -2.62. The summed E-state index contributed by atoms with van der Waals surface area (Å²) in [4.78, 5) is 26.8.